The first kappa shape index (κ1) is 14.1. The van der Waals surface area contributed by atoms with Gasteiger partial charge in [0, 0.05) is 9.35 Å². The predicted molar refractivity (Wildman–Crippen MR) is 86.6 cm³/mol. The number of thiophene rings is 1. The van der Waals surface area contributed by atoms with E-state index in [1.807, 2.05) is 12.1 Å². The van der Waals surface area contributed by atoms with Gasteiger partial charge in [0.15, 0.2) is 0 Å². The number of nitrogens with one attached hydrogen (secondary N) is 1. The minimum absolute atomic E-state index is 0.377. The average molecular weight is 366 g/mol. The van der Waals surface area contributed by atoms with Crippen molar-refractivity contribution in [3.63, 3.8) is 0 Å². The number of fused-ring (bicyclic) bond motifs is 3. The minimum atomic E-state index is -0.702. The highest BCUT2D eigenvalue weighted by molar-refractivity contribution is 9.10. The standard InChI is InChI=1S/C14H12BrN3O2S/c15-7-2-4-8-6(5-7)1-3-9-10(12(16)19)13(18-14(17)20)21-11(8)9/h2,4-5H,1,3H2,(H2,16,19)(H3,17,18,20). The summed E-state index contributed by atoms with van der Waals surface area (Å²) in [6.45, 7) is 0. The second-order valence-corrected chi connectivity index (χ2v) is 6.71. The van der Waals surface area contributed by atoms with E-state index in [-0.39, 0.29) is 0 Å². The fourth-order valence-electron chi connectivity index (χ4n) is 2.63. The van der Waals surface area contributed by atoms with E-state index in [9.17, 15) is 9.59 Å². The third-order valence-corrected chi connectivity index (χ3v) is 5.12. The highest BCUT2D eigenvalue weighted by Crippen LogP contribution is 2.45. The Bertz CT molecular complexity index is 770. The highest BCUT2D eigenvalue weighted by atomic mass is 79.9. The van der Waals surface area contributed by atoms with Crippen molar-refractivity contribution in [2.45, 2.75) is 12.8 Å². The largest absolute Gasteiger partial charge is 0.365 e. The molecule has 1 aliphatic carbocycles. The van der Waals surface area contributed by atoms with E-state index in [0.717, 1.165) is 26.9 Å². The summed E-state index contributed by atoms with van der Waals surface area (Å²) < 4.78 is 1.02. The number of nitrogens with two attached hydrogens (primary N) is 2. The summed E-state index contributed by atoms with van der Waals surface area (Å²) in [5, 5.41) is 2.93. The lowest BCUT2D eigenvalue weighted by Gasteiger charge is -2.17. The maximum atomic E-state index is 11.7. The molecule has 2 aromatic rings. The van der Waals surface area contributed by atoms with Gasteiger partial charge >= 0.3 is 6.03 Å². The summed E-state index contributed by atoms with van der Waals surface area (Å²) in [6, 6.07) is 5.33. The molecule has 1 aromatic heterocycles. The number of amides is 3. The van der Waals surface area contributed by atoms with Crippen molar-refractivity contribution in [2.24, 2.45) is 11.5 Å². The van der Waals surface area contributed by atoms with Gasteiger partial charge in [-0.25, -0.2) is 4.79 Å². The topological polar surface area (TPSA) is 98.2 Å². The average Bonchev–Trinajstić information content (AvgIpc) is 2.75. The normalized spacial score (nSPS) is 12.4. The van der Waals surface area contributed by atoms with Crippen molar-refractivity contribution < 1.29 is 9.59 Å². The van der Waals surface area contributed by atoms with Crippen LogP contribution in [0.3, 0.4) is 0 Å². The monoisotopic (exact) mass is 365 g/mol. The molecule has 21 heavy (non-hydrogen) atoms. The quantitative estimate of drug-likeness (QED) is 0.762. The van der Waals surface area contributed by atoms with Gasteiger partial charge in [0.25, 0.3) is 5.91 Å². The molecule has 0 fully saturated rings. The maximum absolute atomic E-state index is 11.7. The van der Waals surface area contributed by atoms with Crippen LogP contribution in [-0.4, -0.2) is 11.9 Å². The van der Waals surface area contributed by atoms with E-state index in [1.54, 1.807) is 0 Å². The molecule has 0 aliphatic heterocycles. The molecule has 7 heteroatoms. The molecule has 108 valence electrons. The first-order valence-corrected chi connectivity index (χ1v) is 7.89. The summed E-state index contributed by atoms with van der Waals surface area (Å²) in [5.41, 5.74) is 14.2. The predicted octanol–water partition coefficient (Wildman–Crippen LogP) is 2.87. The van der Waals surface area contributed by atoms with Crippen molar-refractivity contribution in [1.29, 1.82) is 0 Å². The number of carbonyl (C=O) groups excluding carboxylic acids is 2. The number of primary amides is 2. The zero-order valence-corrected chi connectivity index (χ0v) is 13.3. The lowest BCUT2D eigenvalue weighted by molar-refractivity contribution is 0.100. The molecule has 0 spiro atoms. The van der Waals surface area contributed by atoms with Gasteiger partial charge in [-0.3, -0.25) is 10.1 Å². The number of carbonyl (C=O) groups is 2. The molecule has 1 aromatic carbocycles. The Balaban J connectivity index is 2.21. The lowest BCUT2D eigenvalue weighted by Crippen LogP contribution is -2.22. The van der Waals surface area contributed by atoms with Gasteiger partial charge in [0.1, 0.15) is 5.00 Å². The van der Waals surface area contributed by atoms with Crippen molar-refractivity contribution in [1.82, 2.24) is 0 Å². The molecule has 0 bridgehead atoms. The van der Waals surface area contributed by atoms with Gasteiger partial charge in [-0.2, -0.15) is 0 Å². The molecular formula is C14H12BrN3O2S. The highest BCUT2D eigenvalue weighted by Gasteiger charge is 2.27. The van der Waals surface area contributed by atoms with Crippen LogP contribution in [0.15, 0.2) is 22.7 Å². The molecule has 3 amide bonds. The van der Waals surface area contributed by atoms with Crippen molar-refractivity contribution in [3.8, 4) is 10.4 Å². The Labute approximate surface area is 133 Å². The molecule has 5 N–H and O–H groups in total. The maximum Gasteiger partial charge on any atom is 0.317 e. The van der Waals surface area contributed by atoms with Crippen molar-refractivity contribution in [3.05, 3.63) is 39.4 Å². The lowest BCUT2D eigenvalue weighted by atomic mass is 9.89. The van der Waals surface area contributed by atoms with Crippen LogP contribution in [-0.2, 0) is 12.8 Å². The van der Waals surface area contributed by atoms with E-state index in [4.69, 9.17) is 11.5 Å². The Kier molecular flexibility index (Phi) is 3.46. The van der Waals surface area contributed by atoms with Crippen LogP contribution < -0.4 is 16.8 Å². The van der Waals surface area contributed by atoms with E-state index in [0.29, 0.717) is 17.0 Å². The van der Waals surface area contributed by atoms with E-state index < -0.39 is 11.9 Å². The summed E-state index contributed by atoms with van der Waals surface area (Å²) in [5.74, 6) is -0.545. The summed E-state index contributed by atoms with van der Waals surface area (Å²) in [7, 11) is 0. The first-order valence-electron chi connectivity index (χ1n) is 6.28. The summed E-state index contributed by atoms with van der Waals surface area (Å²) in [6.07, 6.45) is 1.54. The molecule has 3 rings (SSSR count). The van der Waals surface area contributed by atoms with Crippen LogP contribution in [0.25, 0.3) is 10.4 Å². The van der Waals surface area contributed by atoms with Crippen LogP contribution in [0, 0.1) is 0 Å². The smallest absolute Gasteiger partial charge is 0.317 e. The molecule has 1 aliphatic rings. The Hall–Kier alpha value is -1.86. The van der Waals surface area contributed by atoms with Crippen molar-refractivity contribution in [2.75, 3.05) is 5.32 Å². The molecular weight excluding hydrogens is 354 g/mol. The molecule has 1 heterocycles. The van der Waals surface area contributed by atoms with Gasteiger partial charge in [-0.05, 0) is 41.7 Å². The van der Waals surface area contributed by atoms with E-state index in [2.05, 4.69) is 27.3 Å². The third kappa shape index (κ3) is 2.43. The summed E-state index contributed by atoms with van der Waals surface area (Å²) >= 11 is 4.80. The van der Waals surface area contributed by atoms with Crippen LogP contribution in [0.1, 0.15) is 21.5 Å². The Morgan fingerprint density at radius 1 is 1.24 bits per heavy atom. The molecule has 5 nitrogen and oxygen atoms in total. The van der Waals surface area contributed by atoms with Gasteiger partial charge < -0.3 is 11.5 Å². The second kappa shape index (κ2) is 5.16. The first-order chi connectivity index (χ1) is 9.97. The molecule has 0 saturated heterocycles. The number of urea groups is 1. The van der Waals surface area contributed by atoms with E-state index in [1.165, 1.54) is 16.9 Å². The number of hydrogen-bond donors (Lipinski definition) is 3. The van der Waals surface area contributed by atoms with Crippen molar-refractivity contribution >= 4 is 44.2 Å². The zero-order valence-electron chi connectivity index (χ0n) is 10.9. The molecule has 0 unspecified atom stereocenters. The zero-order chi connectivity index (χ0) is 15.1. The molecule has 0 radical (unpaired) electrons. The van der Waals surface area contributed by atoms with Crippen LogP contribution in [0.2, 0.25) is 0 Å². The minimum Gasteiger partial charge on any atom is -0.365 e. The van der Waals surface area contributed by atoms with Crippen LogP contribution >= 0.6 is 27.3 Å². The number of hydrogen-bond acceptors (Lipinski definition) is 3. The fourth-order valence-corrected chi connectivity index (χ4v) is 4.36. The molecule has 0 atom stereocenters. The number of benzene rings is 1. The molecule has 0 saturated carbocycles. The van der Waals surface area contributed by atoms with E-state index >= 15 is 0 Å². The Morgan fingerprint density at radius 3 is 2.67 bits per heavy atom. The number of rotatable bonds is 2. The van der Waals surface area contributed by atoms with Crippen LogP contribution in [0.5, 0.6) is 0 Å². The fraction of sp³-hybridized carbons (Fsp3) is 0.143. The number of aryl methyl sites for hydroxylation is 1. The van der Waals surface area contributed by atoms with Gasteiger partial charge in [0.05, 0.1) is 5.56 Å². The third-order valence-electron chi connectivity index (χ3n) is 3.45. The number of anilines is 1. The second-order valence-electron chi connectivity index (χ2n) is 4.77. The Morgan fingerprint density at radius 2 is 2.00 bits per heavy atom. The van der Waals surface area contributed by atoms with Gasteiger partial charge in [-0.1, -0.05) is 22.0 Å². The van der Waals surface area contributed by atoms with Crippen LogP contribution in [0.4, 0.5) is 9.80 Å². The number of halogens is 1. The van der Waals surface area contributed by atoms with Gasteiger partial charge in [-0.15, -0.1) is 11.3 Å². The van der Waals surface area contributed by atoms with Gasteiger partial charge in [0.2, 0.25) is 0 Å². The summed E-state index contributed by atoms with van der Waals surface area (Å²) in [4.78, 5) is 23.8. The SMILES string of the molecule is NC(=O)Nc1sc2c(c1C(N)=O)CCc1cc(Br)ccc1-2.